The predicted molar refractivity (Wildman–Crippen MR) is 72.2 cm³/mol. The molecule has 2 nitrogen and oxygen atoms in total. The van der Waals surface area contributed by atoms with Gasteiger partial charge in [0.05, 0.1) is 12.2 Å². The van der Waals surface area contributed by atoms with E-state index in [1.54, 1.807) is 0 Å². The van der Waals surface area contributed by atoms with Gasteiger partial charge in [-0.2, -0.15) is 0 Å². The zero-order valence-corrected chi connectivity index (χ0v) is 11.8. The van der Waals surface area contributed by atoms with E-state index in [1.807, 2.05) is 0 Å². The lowest BCUT2D eigenvalue weighted by atomic mass is 9.81. The Bertz CT molecular complexity index is 241. The average Bonchev–Trinajstić information content (AvgIpc) is 2.46. The van der Waals surface area contributed by atoms with Crippen LogP contribution in [0.1, 0.15) is 59.3 Å². The average molecular weight is 239 g/mol. The topological polar surface area (TPSA) is 21.3 Å². The van der Waals surface area contributed by atoms with Crippen molar-refractivity contribution in [2.45, 2.75) is 70.9 Å². The summed E-state index contributed by atoms with van der Waals surface area (Å²) in [6.45, 7) is 8.98. The van der Waals surface area contributed by atoms with Crippen molar-refractivity contribution in [2.24, 2.45) is 11.8 Å². The number of hydrogen-bond acceptors (Lipinski definition) is 2. The zero-order valence-electron chi connectivity index (χ0n) is 11.8. The van der Waals surface area contributed by atoms with Gasteiger partial charge in [0.15, 0.2) is 0 Å². The Balaban J connectivity index is 2.06. The molecular weight excluding hydrogens is 210 g/mol. The molecule has 17 heavy (non-hydrogen) atoms. The molecule has 2 fully saturated rings. The molecule has 1 heterocycles. The molecule has 0 aromatic heterocycles. The Hall–Kier alpha value is -0.0800. The highest BCUT2D eigenvalue weighted by molar-refractivity contribution is 4.97. The zero-order chi connectivity index (χ0) is 12.3. The molecule has 1 aliphatic heterocycles. The van der Waals surface area contributed by atoms with Gasteiger partial charge in [-0.25, -0.2) is 0 Å². The molecular formula is C15H29NO. The first-order valence-electron chi connectivity index (χ1n) is 7.50. The fourth-order valence-corrected chi connectivity index (χ4v) is 3.55. The highest BCUT2D eigenvalue weighted by atomic mass is 16.5. The van der Waals surface area contributed by atoms with E-state index >= 15 is 0 Å². The maximum absolute atomic E-state index is 6.29. The normalized spacial score (nSPS) is 39.5. The number of nitrogens with one attached hydrogen (secondary N) is 1. The largest absolute Gasteiger partial charge is 0.372 e. The van der Waals surface area contributed by atoms with Gasteiger partial charge >= 0.3 is 0 Å². The van der Waals surface area contributed by atoms with Crippen LogP contribution in [0.3, 0.4) is 0 Å². The van der Waals surface area contributed by atoms with Gasteiger partial charge < -0.3 is 10.1 Å². The lowest BCUT2D eigenvalue weighted by molar-refractivity contribution is -0.110. The number of rotatable bonds is 2. The van der Waals surface area contributed by atoms with E-state index in [-0.39, 0.29) is 5.60 Å². The summed E-state index contributed by atoms with van der Waals surface area (Å²) < 4.78 is 6.29. The molecule has 1 N–H and O–H groups in total. The third-order valence-corrected chi connectivity index (χ3v) is 4.58. The van der Waals surface area contributed by atoms with E-state index in [0.29, 0.717) is 6.04 Å². The maximum Gasteiger partial charge on any atom is 0.0835 e. The molecule has 1 saturated carbocycles. The maximum atomic E-state index is 6.29. The van der Waals surface area contributed by atoms with Crippen LogP contribution in [-0.4, -0.2) is 24.8 Å². The van der Waals surface area contributed by atoms with Crippen molar-refractivity contribution in [1.82, 2.24) is 5.32 Å². The first-order chi connectivity index (χ1) is 8.12. The molecule has 3 unspecified atom stereocenters. The van der Waals surface area contributed by atoms with Gasteiger partial charge in [0.2, 0.25) is 0 Å². The highest BCUT2D eigenvalue weighted by Crippen LogP contribution is 2.38. The van der Waals surface area contributed by atoms with Gasteiger partial charge in [-0.1, -0.05) is 33.6 Å². The Kier molecular flexibility index (Phi) is 4.48. The van der Waals surface area contributed by atoms with Crippen molar-refractivity contribution >= 4 is 0 Å². The molecule has 1 aliphatic carbocycles. The third kappa shape index (κ3) is 3.23. The molecule has 0 amide bonds. The van der Waals surface area contributed by atoms with E-state index in [0.717, 1.165) is 25.0 Å². The SMILES string of the molecule is CC(C)CC1NCCOC12CCCC(C)CC2. The summed E-state index contributed by atoms with van der Waals surface area (Å²) in [6.07, 6.45) is 7.86. The second-order valence-electron chi connectivity index (χ2n) is 6.59. The van der Waals surface area contributed by atoms with Gasteiger partial charge in [-0.3, -0.25) is 0 Å². The Morgan fingerprint density at radius 2 is 2.12 bits per heavy atom. The lowest BCUT2D eigenvalue weighted by Gasteiger charge is -2.45. The first-order valence-corrected chi connectivity index (χ1v) is 7.50. The molecule has 0 bridgehead atoms. The van der Waals surface area contributed by atoms with Gasteiger partial charge in [0.1, 0.15) is 0 Å². The molecule has 0 aromatic carbocycles. The van der Waals surface area contributed by atoms with Crippen molar-refractivity contribution in [2.75, 3.05) is 13.2 Å². The fraction of sp³-hybridized carbons (Fsp3) is 1.00. The summed E-state index contributed by atoms with van der Waals surface area (Å²) in [4.78, 5) is 0. The minimum Gasteiger partial charge on any atom is -0.372 e. The van der Waals surface area contributed by atoms with E-state index in [1.165, 1.54) is 38.5 Å². The Labute approximate surface area is 107 Å². The van der Waals surface area contributed by atoms with Crippen molar-refractivity contribution in [3.63, 3.8) is 0 Å². The number of morpholine rings is 1. The summed E-state index contributed by atoms with van der Waals surface area (Å²) in [7, 11) is 0. The molecule has 0 aromatic rings. The molecule has 1 saturated heterocycles. The smallest absolute Gasteiger partial charge is 0.0835 e. The van der Waals surface area contributed by atoms with Crippen LogP contribution in [0.4, 0.5) is 0 Å². The molecule has 100 valence electrons. The van der Waals surface area contributed by atoms with E-state index in [9.17, 15) is 0 Å². The summed E-state index contributed by atoms with van der Waals surface area (Å²) in [5, 5.41) is 3.73. The summed E-state index contributed by atoms with van der Waals surface area (Å²) in [5.41, 5.74) is 0.160. The van der Waals surface area contributed by atoms with Crippen LogP contribution in [0.5, 0.6) is 0 Å². The third-order valence-electron chi connectivity index (χ3n) is 4.58. The van der Waals surface area contributed by atoms with Crippen LogP contribution >= 0.6 is 0 Å². The van der Waals surface area contributed by atoms with Crippen molar-refractivity contribution < 1.29 is 4.74 Å². The molecule has 1 spiro atoms. The second-order valence-corrected chi connectivity index (χ2v) is 6.59. The predicted octanol–water partition coefficient (Wildman–Crippen LogP) is 3.36. The van der Waals surface area contributed by atoms with Crippen LogP contribution in [-0.2, 0) is 4.74 Å². The Morgan fingerprint density at radius 1 is 1.29 bits per heavy atom. The molecule has 2 heteroatoms. The molecule has 2 aliphatic rings. The van der Waals surface area contributed by atoms with Crippen LogP contribution in [0.2, 0.25) is 0 Å². The van der Waals surface area contributed by atoms with E-state index in [2.05, 4.69) is 26.1 Å². The van der Waals surface area contributed by atoms with Crippen LogP contribution in [0.25, 0.3) is 0 Å². The highest BCUT2D eigenvalue weighted by Gasteiger charge is 2.42. The van der Waals surface area contributed by atoms with Gasteiger partial charge in [0, 0.05) is 12.6 Å². The van der Waals surface area contributed by atoms with Gasteiger partial charge in [-0.05, 0) is 37.5 Å². The second kappa shape index (κ2) is 5.71. The minimum absolute atomic E-state index is 0.160. The first kappa shape index (κ1) is 13.4. The summed E-state index contributed by atoms with van der Waals surface area (Å²) >= 11 is 0. The molecule has 0 radical (unpaired) electrons. The van der Waals surface area contributed by atoms with Gasteiger partial charge in [-0.15, -0.1) is 0 Å². The summed E-state index contributed by atoms with van der Waals surface area (Å²) in [6, 6.07) is 0.585. The number of hydrogen-bond donors (Lipinski definition) is 1. The van der Waals surface area contributed by atoms with Crippen LogP contribution in [0, 0.1) is 11.8 Å². The standard InChI is InChI=1S/C15H29NO/c1-12(2)11-14-15(17-10-9-16-14)7-4-5-13(3)6-8-15/h12-14,16H,4-11H2,1-3H3. The van der Waals surface area contributed by atoms with E-state index in [4.69, 9.17) is 4.74 Å². The monoisotopic (exact) mass is 239 g/mol. The minimum atomic E-state index is 0.160. The van der Waals surface area contributed by atoms with Crippen molar-refractivity contribution in [1.29, 1.82) is 0 Å². The fourth-order valence-electron chi connectivity index (χ4n) is 3.55. The lowest BCUT2D eigenvalue weighted by Crippen LogP contribution is -2.58. The van der Waals surface area contributed by atoms with Gasteiger partial charge in [0.25, 0.3) is 0 Å². The summed E-state index contributed by atoms with van der Waals surface area (Å²) in [5.74, 6) is 1.64. The Morgan fingerprint density at radius 3 is 2.88 bits per heavy atom. The molecule has 3 atom stereocenters. The van der Waals surface area contributed by atoms with Crippen LogP contribution < -0.4 is 5.32 Å². The van der Waals surface area contributed by atoms with E-state index < -0.39 is 0 Å². The number of ether oxygens (including phenoxy) is 1. The van der Waals surface area contributed by atoms with Crippen molar-refractivity contribution in [3.8, 4) is 0 Å². The molecule has 2 rings (SSSR count). The van der Waals surface area contributed by atoms with Crippen LogP contribution in [0.15, 0.2) is 0 Å². The quantitative estimate of drug-likeness (QED) is 0.798. The van der Waals surface area contributed by atoms with Crippen molar-refractivity contribution in [3.05, 3.63) is 0 Å².